The van der Waals surface area contributed by atoms with Gasteiger partial charge in [-0.3, -0.25) is 0 Å². The average Bonchev–Trinajstić information content (AvgIpc) is 2.67. The largest absolute Gasteiger partial charge is 0.348 e. The molecule has 13 heavy (non-hydrogen) atoms. The normalized spacial score (nSPS) is 11.9. The zero-order valence-electron chi connectivity index (χ0n) is 8.51. The van der Waals surface area contributed by atoms with Crippen molar-refractivity contribution >= 4 is 0 Å². The van der Waals surface area contributed by atoms with Gasteiger partial charge in [0.15, 0.2) is 0 Å². The van der Waals surface area contributed by atoms with Crippen molar-refractivity contribution in [1.29, 1.82) is 0 Å². The number of imidazole rings is 1. The van der Waals surface area contributed by atoms with E-state index in [2.05, 4.69) is 23.8 Å². The summed E-state index contributed by atoms with van der Waals surface area (Å²) in [6.07, 6.45) is 7.69. The number of hydrogen-bond acceptors (Lipinski definition) is 2. The molecule has 0 saturated carbocycles. The highest BCUT2D eigenvalue weighted by Gasteiger charge is 2.19. The molecular weight excluding hydrogens is 167 g/mol. The highest BCUT2D eigenvalue weighted by atomic mass is 15.2. The maximum Gasteiger partial charge on any atom is 0.0921 e. The van der Waals surface area contributed by atoms with Crippen LogP contribution in [-0.4, -0.2) is 15.5 Å². The molecule has 0 radical (unpaired) electrons. The van der Waals surface area contributed by atoms with E-state index in [1.54, 1.807) is 6.33 Å². The molecule has 1 aromatic heterocycles. The van der Waals surface area contributed by atoms with Gasteiger partial charge in [-0.25, -0.2) is 4.98 Å². The maximum absolute atomic E-state index is 6.18. The molecule has 0 fully saturated rings. The highest BCUT2D eigenvalue weighted by Crippen LogP contribution is 2.17. The predicted octanol–water partition coefficient (Wildman–Crippen LogP) is 1.86. The molecule has 0 spiro atoms. The molecule has 74 valence electrons. The van der Waals surface area contributed by atoms with Crippen LogP contribution in [0, 0.1) is 0 Å². The molecule has 1 rings (SSSR count). The van der Waals surface area contributed by atoms with Crippen LogP contribution in [0.2, 0.25) is 0 Å². The van der Waals surface area contributed by atoms with Gasteiger partial charge in [0.25, 0.3) is 0 Å². The third-order valence-corrected chi connectivity index (χ3v) is 2.86. The van der Waals surface area contributed by atoms with Crippen LogP contribution in [0.15, 0.2) is 12.5 Å². The lowest BCUT2D eigenvalue weighted by molar-refractivity contribution is 0.366. The van der Waals surface area contributed by atoms with E-state index in [1.807, 2.05) is 6.20 Å². The summed E-state index contributed by atoms with van der Waals surface area (Å²) >= 11 is 0. The average molecular weight is 186 g/mol. The number of aromatic amines is 1. The van der Waals surface area contributed by atoms with Gasteiger partial charge in [0.05, 0.1) is 6.33 Å². The molecule has 0 atom stereocenters. The number of nitrogens with one attached hydrogen (secondary N) is 1. The number of rotatable bonds is 5. The van der Waals surface area contributed by atoms with E-state index < -0.39 is 0 Å². The molecule has 0 aromatic carbocycles. The Morgan fingerprint density at radius 1 is 1.46 bits per heavy atom. The molecule has 0 aliphatic rings. The molecule has 0 bridgehead atoms. The number of nitrogens with zero attached hydrogens (tertiary/aromatic N) is 1. The summed E-state index contributed by atoms with van der Waals surface area (Å²) in [6.45, 7) is 4.30. The molecular formula is C10H19N3. The first-order valence-electron chi connectivity index (χ1n) is 4.96. The fourth-order valence-corrected chi connectivity index (χ4v) is 1.41. The Bertz CT molecular complexity index is 224. The second-order valence-corrected chi connectivity index (χ2v) is 3.65. The Kier molecular flexibility index (Phi) is 3.48. The molecule has 0 unspecified atom stereocenters. The van der Waals surface area contributed by atoms with E-state index in [9.17, 15) is 0 Å². The second kappa shape index (κ2) is 4.42. The van der Waals surface area contributed by atoms with Crippen LogP contribution < -0.4 is 5.73 Å². The Morgan fingerprint density at radius 3 is 2.62 bits per heavy atom. The van der Waals surface area contributed by atoms with Gasteiger partial charge >= 0.3 is 0 Å². The van der Waals surface area contributed by atoms with Gasteiger partial charge in [0.2, 0.25) is 0 Å². The van der Waals surface area contributed by atoms with Gasteiger partial charge in [-0.2, -0.15) is 0 Å². The van der Waals surface area contributed by atoms with Crippen LogP contribution >= 0.6 is 0 Å². The van der Waals surface area contributed by atoms with E-state index >= 15 is 0 Å². The number of nitrogens with two attached hydrogens (primary N) is 1. The molecule has 0 saturated heterocycles. The smallest absolute Gasteiger partial charge is 0.0921 e. The zero-order valence-corrected chi connectivity index (χ0v) is 8.51. The summed E-state index contributed by atoms with van der Waals surface area (Å²) in [5, 5.41) is 0. The van der Waals surface area contributed by atoms with Gasteiger partial charge in [-0.15, -0.1) is 0 Å². The Hall–Kier alpha value is -0.830. The van der Waals surface area contributed by atoms with Crippen molar-refractivity contribution in [2.75, 3.05) is 0 Å². The van der Waals surface area contributed by atoms with Crippen molar-refractivity contribution in [2.24, 2.45) is 5.73 Å². The van der Waals surface area contributed by atoms with Crippen LogP contribution in [0.1, 0.15) is 38.8 Å². The Labute approximate surface area is 79.8 Å². The standard InChI is InChI=1S/C10H19N3/c1-3-10(11,4-2)6-5-9-7-12-8-13-9/h7-8H,3-6,11H2,1-2H3,(H,12,13)/i5+1,6+1,7+1,8+1,9+1. The molecule has 0 amide bonds. The number of aryl methyl sites for hydroxylation is 1. The predicted molar refractivity (Wildman–Crippen MR) is 54.4 cm³/mol. The summed E-state index contributed by atoms with van der Waals surface area (Å²) in [5.41, 5.74) is 7.36. The summed E-state index contributed by atoms with van der Waals surface area (Å²) < 4.78 is 0. The minimum Gasteiger partial charge on any atom is -0.348 e. The second-order valence-electron chi connectivity index (χ2n) is 3.65. The third kappa shape index (κ3) is 2.84. The van der Waals surface area contributed by atoms with Crippen LogP contribution in [-0.2, 0) is 6.42 Å². The maximum atomic E-state index is 6.18. The Morgan fingerprint density at radius 2 is 2.15 bits per heavy atom. The lowest BCUT2D eigenvalue weighted by Gasteiger charge is -2.26. The van der Waals surface area contributed by atoms with Crippen LogP contribution in [0.3, 0.4) is 0 Å². The van der Waals surface area contributed by atoms with Crippen molar-refractivity contribution in [2.45, 2.75) is 45.1 Å². The van der Waals surface area contributed by atoms with E-state index in [1.165, 1.54) is 5.69 Å². The van der Waals surface area contributed by atoms with E-state index in [0.717, 1.165) is 25.7 Å². The summed E-state index contributed by atoms with van der Waals surface area (Å²) in [5.74, 6) is 0. The van der Waals surface area contributed by atoms with E-state index in [0.29, 0.717) is 0 Å². The molecule has 1 heterocycles. The van der Waals surface area contributed by atoms with Crippen molar-refractivity contribution in [1.82, 2.24) is 9.97 Å². The molecule has 1 aromatic rings. The third-order valence-electron chi connectivity index (χ3n) is 2.86. The molecule has 3 N–H and O–H groups in total. The molecule has 0 aliphatic heterocycles. The lowest BCUT2D eigenvalue weighted by Crippen LogP contribution is -2.38. The van der Waals surface area contributed by atoms with E-state index in [-0.39, 0.29) is 5.54 Å². The van der Waals surface area contributed by atoms with Crippen molar-refractivity contribution in [3.8, 4) is 0 Å². The van der Waals surface area contributed by atoms with Crippen LogP contribution in [0.25, 0.3) is 0 Å². The topological polar surface area (TPSA) is 54.7 Å². The van der Waals surface area contributed by atoms with Crippen molar-refractivity contribution < 1.29 is 0 Å². The molecule has 3 nitrogen and oxygen atoms in total. The van der Waals surface area contributed by atoms with Crippen molar-refractivity contribution in [3.63, 3.8) is 0 Å². The minimum atomic E-state index is 0.00507. The number of H-pyrrole nitrogens is 1. The first-order chi connectivity index (χ1) is 6.20. The van der Waals surface area contributed by atoms with Gasteiger partial charge < -0.3 is 10.7 Å². The summed E-state index contributed by atoms with van der Waals surface area (Å²) in [6, 6.07) is 0. The number of hydrogen-bond donors (Lipinski definition) is 2. The summed E-state index contributed by atoms with van der Waals surface area (Å²) in [7, 11) is 0. The van der Waals surface area contributed by atoms with E-state index in [4.69, 9.17) is 5.73 Å². The fraction of sp³-hybridized carbons (Fsp3) is 0.700. The monoisotopic (exact) mass is 186 g/mol. The fourth-order valence-electron chi connectivity index (χ4n) is 1.41. The van der Waals surface area contributed by atoms with Crippen LogP contribution in [0.5, 0.6) is 0 Å². The quantitative estimate of drug-likeness (QED) is 0.689. The Balaban J connectivity index is 2.41. The number of aromatic nitrogens is 2. The zero-order chi connectivity index (χ0) is 9.73. The van der Waals surface area contributed by atoms with Gasteiger partial charge in [-0.05, 0) is 25.7 Å². The lowest BCUT2D eigenvalue weighted by atomic mass is 10.0. The molecule has 0 aliphatic carbocycles. The summed E-state index contributed by atoms with van der Waals surface area (Å²) in [4.78, 5) is 7.07. The SMILES string of the molecule is CCC(N)(CC)[13CH2][13CH2][13c]1[13cH]n[13cH][nH]1. The first-order valence-corrected chi connectivity index (χ1v) is 4.96. The van der Waals surface area contributed by atoms with Crippen LogP contribution in [0.4, 0.5) is 0 Å². The van der Waals surface area contributed by atoms with Crippen molar-refractivity contribution in [3.05, 3.63) is 18.2 Å². The highest BCUT2D eigenvalue weighted by molar-refractivity contribution is 4.97. The van der Waals surface area contributed by atoms with Gasteiger partial charge in [-0.1, -0.05) is 13.8 Å². The first kappa shape index (κ1) is 10.3. The van der Waals surface area contributed by atoms with Gasteiger partial charge in [0.1, 0.15) is 0 Å². The minimum absolute atomic E-state index is 0.00507. The molecule has 3 heteroatoms. The van der Waals surface area contributed by atoms with Gasteiger partial charge in [0, 0.05) is 17.4 Å².